The third-order valence-electron chi connectivity index (χ3n) is 7.54. The second-order valence-corrected chi connectivity index (χ2v) is 10.3. The maximum absolute atomic E-state index is 14.1. The molecule has 0 radical (unpaired) electrons. The number of nitriles is 1. The van der Waals surface area contributed by atoms with Crippen LogP contribution in [0.2, 0.25) is 0 Å². The van der Waals surface area contributed by atoms with E-state index in [1.807, 2.05) is 57.6 Å². The van der Waals surface area contributed by atoms with Crippen molar-refractivity contribution in [2.45, 2.75) is 70.9 Å². The van der Waals surface area contributed by atoms with E-state index < -0.39 is 0 Å². The number of hydrogen-bond donors (Lipinski definition) is 0. The molecule has 0 aliphatic heterocycles. The molecule has 39 heavy (non-hydrogen) atoms. The molecule has 0 atom stereocenters. The van der Waals surface area contributed by atoms with Crippen LogP contribution in [0.4, 0.5) is 0 Å². The van der Waals surface area contributed by atoms with Crippen LogP contribution >= 0.6 is 0 Å². The summed E-state index contributed by atoms with van der Waals surface area (Å²) in [6.45, 7) is 3.77. The van der Waals surface area contributed by atoms with Gasteiger partial charge in [-0.2, -0.15) is 15.3 Å². The van der Waals surface area contributed by atoms with Crippen molar-refractivity contribution in [2.24, 2.45) is 0 Å². The van der Waals surface area contributed by atoms with Crippen LogP contribution in [0, 0.1) is 11.3 Å². The Morgan fingerprint density at radius 3 is 2.54 bits per heavy atom. The highest BCUT2D eigenvalue weighted by atomic mass is 16.5. The first-order valence-corrected chi connectivity index (χ1v) is 13.7. The average molecular weight is 524 g/mol. The molecular weight excluding hydrogens is 490 g/mol. The van der Waals surface area contributed by atoms with Crippen LogP contribution in [0.1, 0.15) is 74.4 Å². The molecule has 1 saturated carbocycles. The van der Waals surface area contributed by atoms with Gasteiger partial charge in [0.1, 0.15) is 12.9 Å². The fraction of sp³-hybridized carbons (Fsp3) is 0.387. The highest BCUT2D eigenvalue weighted by Crippen LogP contribution is 2.31. The van der Waals surface area contributed by atoms with Gasteiger partial charge in [-0.15, -0.1) is 0 Å². The van der Waals surface area contributed by atoms with Gasteiger partial charge in [-0.3, -0.25) is 14.2 Å². The molecule has 2 aromatic carbocycles. The summed E-state index contributed by atoms with van der Waals surface area (Å²) >= 11 is 0. The van der Waals surface area contributed by atoms with E-state index in [-0.39, 0.29) is 30.1 Å². The zero-order chi connectivity index (χ0) is 27.4. The standard InChI is InChI=1S/C31H33N5O3/c1-3-6-29-28(17-22-9-11-23(12-10-22)27-8-5-4-7-24(27)18-32)30(38)35(31-33-20-34-36(29)31)25-13-15-26(16-14-25)39-19-21(2)37/h4-5,7-12,20,25-26H,3,6,13-17,19H2,1-2H3/t25-,26-. The fourth-order valence-corrected chi connectivity index (χ4v) is 5.62. The first-order chi connectivity index (χ1) is 19.0. The fourth-order valence-electron chi connectivity index (χ4n) is 5.62. The smallest absolute Gasteiger partial charge is 0.259 e. The van der Waals surface area contributed by atoms with Crippen LogP contribution in [0.15, 0.2) is 59.7 Å². The second kappa shape index (κ2) is 11.7. The summed E-state index contributed by atoms with van der Waals surface area (Å²) in [5.74, 6) is 0.612. The molecular formula is C31H33N5O3. The third kappa shape index (κ3) is 5.55. The lowest BCUT2D eigenvalue weighted by atomic mass is 9.92. The summed E-state index contributed by atoms with van der Waals surface area (Å²) in [6.07, 6.45) is 6.81. The second-order valence-electron chi connectivity index (χ2n) is 10.3. The van der Waals surface area contributed by atoms with Crippen molar-refractivity contribution in [2.75, 3.05) is 6.61 Å². The van der Waals surface area contributed by atoms with Crippen molar-refractivity contribution in [3.8, 4) is 17.2 Å². The molecule has 0 unspecified atom stereocenters. The van der Waals surface area contributed by atoms with Gasteiger partial charge in [-0.25, -0.2) is 4.52 Å². The average Bonchev–Trinajstić information content (AvgIpc) is 3.44. The minimum absolute atomic E-state index is 0.000615. The normalized spacial score (nSPS) is 17.3. The number of Topliss-reactive ketones (excluding diaryl/α,β-unsaturated/α-hetero) is 1. The maximum atomic E-state index is 14.1. The molecule has 8 nitrogen and oxygen atoms in total. The van der Waals surface area contributed by atoms with Gasteiger partial charge in [0.2, 0.25) is 5.78 Å². The number of aromatic nitrogens is 4. The number of benzene rings is 2. The van der Waals surface area contributed by atoms with Gasteiger partial charge in [0.15, 0.2) is 5.78 Å². The summed E-state index contributed by atoms with van der Waals surface area (Å²) in [4.78, 5) is 29.9. The molecule has 5 rings (SSSR count). The van der Waals surface area contributed by atoms with E-state index in [1.54, 1.807) is 0 Å². The zero-order valence-electron chi connectivity index (χ0n) is 22.5. The Hall–Kier alpha value is -4.09. The lowest BCUT2D eigenvalue weighted by Gasteiger charge is -2.30. The first-order valence-electron chi connectivity index (χ1n) is 13.7. The van der Waals surface area contributed by atoms with E-state index in [1.165, 1.54) is 13.3 Å². The molecule has 8 heteroatoms. The van der Waals surface area contributed by atoms with Gasteiger partial charge in [-0.1, -0.05) is 55.8 Å². The molecule has 2 heterocycles. The minimum Gasteiger partial charge on any atom is -0.370 e. The van der Waals surface area contributed by atoms with E-state index in [2.05, 4.69) is 23.1 Å². The van der Waals surface area contributed by atoms with Crippen LogP contribution in [0.25, 0.3) is 16.9 Å². The Balaban J connectivity index is 1.47. The van der Waals surface area contributed by atoms with Gasteiger partial charge < -0.3 is 4.74 Å². The Bertz CT molecular complexity index is 1570. The van der Waals surface area contributed by atoms with Gasteiger partial charge in [0, 0.05) is 18.0 Å². The Morgan fingerprint density at radius 1 is 1.10 bits per heavy atom. The lowest BCUT2D eigenvalue weighted by Crippen LogP contribution is -2.35. The third-order valence-corrected chi connectivity index (χ3v) is 7.54. The van der Waals surface area contributed by atoms with Gasteiger partial charge in [-0.05, 0) is 61.8 Å². The number of nitrogens with zero attached hydrogens (tertiary/aromatic N) is 5. The predicted molar refractivity (Wildman–Crippen MR) is 149 cm³/mol. The summed E-state index contributed by atoms with van der Waals surface area (Å²) in [6, 6.07) is 17.9. The number of aryl methyl sites for hydroxylation is 1. The molecule has 1 aliphatic carbocycles. The molecule has 0 amide bonds. The number of fused-ring (bicyclic) bond motifs is 1. The Morgan fingerprint density at radius 2 is 1.85 bits per heavy atom. The summed E-state index contributed by atoms with van der Waals surface area (Å²) in [5.41, 5.74) is 5.17. The quantitative estimate of drug-likeness (QED) is 0.304. The van der Waals surface area contributed by atoms with Crippen LogP contribution < -0.4 is 5.56 Å². The van der Waals surface area contributed by atoms with Gasteiger partial charge >= 0.3 is 0 Å². The number of ketones is 1. The van der Waals surface area contributed by atoms with Crippen molar-refractivity contribution in [1.82, 2.24) is 19.2 Å². The topological polar surface area (TPSA) is 102 Å². The number of carbonyl (C=O) groups is 1. The number of ether oxygens (including phenoxy) is 1. The van der Waals surface area contributed by atoms with Crippen molar-refractivity contribution in [3.63, 3.8) is 0 Å². The largest absolute Gasteiger partial charge is 0.370 e. The summed E-state index contributed by atoms with van der Waals surface area (Å²) in [7, 11) is 0. The molecule has 0 saturated heterocycles. The SMILES string of the molecule is CCCc1c(Cc2ccc(-c3ccccc3C#N)cc2)c(=O)n([C@H]2CC[C@H](OCC(C)=O)CC2)c2ncnn12. The van der Waals surface area contributed by atoms with Gasteiger partial charge in [0.05, 0.1) is 23.4 Å². The van der Waals surface area contributed by atoms with E-state index in [9.17, 15) is 14.9 Å². The van der Waals surface area contributed by atoms with Gasteiger partial charge in [0.25, 0.3) is 5.56 Å². The number of carbonyl (C=O) groups excluding carboxylic acids is 1. The summed E-state index contributed by atoms with van der Waals surface area (Å²) in [5, 5.41) is 14.0. The van der Waals surface area contributed by atoms with Crippen molar-refractivity contribution in [3.05, 3.63) is 87.6 Å². The van der Waals surface area contributed by atoms with Crippen LogP contribution in [0.3, 0.4) is 0 Å². The number of rotatable bonds is 9. The molecule has 200 valence electrons. The molecule has 2 aromatic heterocycles. The lowest BCUT2D eigenvalue weighted by molar-refractivity contribution is -0.124. The van der Waals surface area contributed by atoms with Crippen molar-refractivity contribution >= 4 is 11.6 Å². The predicted octanol–water partition coefficient (Wildman–Crippen LogP) is 5.06. The van der Waals surface area contributed by atoms with Crippen LogP contribution in [-0.4, -0.2) is 37.7 Å². The molecule has 1 fully saturated rings. The van der Waals surface area contributed by atoms with E-state index in [0.717, 1.165) is 66.5 Å². The molecule has 0 bridgehead atoms. The molecule has 0 N–H and O–H groups in total. The van der Waals surface area contributed by atoms with E-state index in [0.29, 0.717) is 17.8 Å². The van der Waals surface area contributed by atoms with Crippen molar-refractivity contribution < 1.29 is 9.53 Å². The maximum Gasteiger partial charge on any atom is 0.259 e. The van der Waals surface area contributed by atoms with Crippen LogP contribution in [0.5, 0.6) is 0 Å². The first kappa shape index (κ1) is 26.5. The summed E-state index contributed by atoms with van der Waals surface area (Å²) < 4.78 is 9.43. The van der Waals surface area contributed by atoms with E-state index >= 15 is 0 Å². The Labute approximate surface area is 227 Å². The highest BCUT2D eigenvalue weighted by Gasteiger charge is 2.28. The molecule has 0 spiro atoms. The zero-order valence-corrected chi connectivity index (χ0v) is 22.5. The number of hydrogen-bond acceptors (Lipinski definition) is 6. The molecule has 1 aliphatic rings. The minimum atomic E-state index is -0.00837. The monoisotopic (exact) mass is 523 g/mol. The highest BCUT2D eigenvalue weighted by molar-refractivity contribution is 5.76. The van der Waals surface area contributed by atoms with E-state index in [4.69, 9.17) is 4.74 Å². The van der Waals surface area contributed by atoms with Crippen LogP contribution in [-0.2, 0) is 22.4 Å². The molecule has 4 aromatic rings. The van der Waals surface area contributed by atoms with Crippen molar-refractivity contribution in [1.29, 1.82) is 5.26 Å². The Kier molecular flexibility index (Phi) is 7.99.